The van der Waals surface area contributed by atoms with Crippen LogP contribution in [-0.4, -0.2) is 96.7 Å². The molecule has 0 aliphatic carbocycles. The van der Waals surface area contributed by atoms with Crippen molar-refractivity contribution < 1.29 is 80.2 Å². The third-order valence-electron chi connectivity index (χ3n) is 16.4. The molecule has 4 unspecified atom stereocenters. The van der Waals surface area contributed by atoms with Gasteiger partial charge in [0.05, 0.1) is 26.4 Å². The van der Waals surface area contributed by atoms with Crippen molar-refractivity contribution in [3.63, 3.8) is 0 Å². The Bertz CT molecular complexity index is 1770. The fourth-order valence-electron chi connectivity index (χ4n) is 10.5. The van der Waals surface area contributed by atoms with Gasteiger partial charge in [0.1, 0.15) is 19.3 Å². The molecule has 528 valence electrons. The van der Waals surface area contributed by atoms with Crippen molar-refractivity contribution in [2.75, 3.05) is 39.6 Å². The van der Waals surface area contributed by atoms with Gasteiger partial charge in [-0.1, -0.05) is 293 Å². The fraction of sp³-hybridized carbons (Fsp3) is 0.943. The van der Waals surface area contributed by atoms with E-state index in [1.54, 1.807) is 0 Å². The molecule has 0 fully saturated rings. The van der Waals surface area contributed by atoms with Crippen molar-refractivity contribution in [1.82, 2.24) is 0 Å². The third kappa shape index (κ3) is 63.2. The number of phosphoric ester groups is 2. The van der Waals surface area contributed by atoms with Gasteiger partial charge in [0.2, 0.25) is 0 Å². The zero-order valence-electron chi connectivity index (χ0n) is 58.1. The lowest BCUT2D eigenvalue weighted by Gasteiger charge is -2.21. The Balaban J connectivity index is 5.20. The van der Waals surface area contributed by atoms with E-state index in [1.807, 2.05) is 0 Å². The second-order valence-electron chi connectivity index (χ2n) is 26.9. The maximum absolute atomic E-state index is 13.0. The molecular weight excluding hydrogens is 1170 g/mol. The standard InChI is InChI=1S/C70H136O17P2/c1-9-63(8)49-41-33-28-29-37-45-53-70(75)87-66(57-81-68(73)51-43-35-27-21-24-32-40-48-62(6)7)59-85-89(78,79)83-55-64(71)54-82-88(76,77)84-58-65(86-69(74)52-44-36-26-20-19-23-31-39-47-61(4)5)56-80-67(72)50-42-34-25-18-16-14-12-10-11-13-15-17-22-30-38-46-60(2)3/h60-66,71H,9-59H2,1-8H3,(H,76,77)(H,78,79)/t63?,64?,65-,66-/m1/s1. The van der Waals surface area contributed by atoms with Crippen LogP contribution >= 0.6 is 15.6 Å². The molecule has 6 atom stereocenters. The summed E-state index contributed by atoms with van der Waals surface area (Å²) < 4.78 is 68.2. The molecule has 0 bridgehead atoms. The van der Waals surface area contributed by atoms with Gasteiger partial charge >= 0.3 is 39.5 Å². The fourth-order valence-corrected chi connectivity index (χ4v) is 12.0. The molecule has 19 heteroatoms. The smallest absolute Gasteiger partial charge is 0.462 e. The van der Waals surface area contributed by atoms with E-state index in [1.165, 1.54) is 141 Å². The first-order valence-corrected chi connectivity index (χ1v) is 39.2. The van der Waals surface area contributed by atoms with Crippen molar-refractivity contribution in [3.05, 3.63) is 0 Å². The topological polar surface area (TPSA) is 237 Å². The number of carbonyl (C=O) groups excluding carboxylic acids is 4. The van der Waals surface area contributed by atoms with Gasteiger partial charge in [-0.2, -0.15) is 0 Å². The Morgan fingerprint density at radius 1 is 0.315 bits per heavy atom. The lowest BCUT2D eigenvalue weighted by atomic mass is 10.00. The first kappa shape index (κ1) is 87.1. The highest BCUT2D eigenvalue weighted by Gasteiger charge is 2.30. The lowest BCUT2D eigenvalue weighted by Crippen LogP contribution is -2.30. The second kappa shape index (κ2) is 59.8. The molecule has 3 N–H and O–H groups in total. The second-order valence-corrected chi connectivity index (χ2v) is 29.8. The van der Waals surface area contributed by atoms with Crippen LogP contribution in [0.1, 0.15) is 344 Å². The van der Waals surface area contributed by atoms with E-state index >= 15 is 0 Å². The summed E-state index contributed by atoms with van der Waals surface area (Å²) in [7, 11) is -9.90. The molecular formula is C70H136O17P2. The van der Waals surface area contributed by atoms with Gasteiger partial charge in [0.15, 0.2) is 12.2 Å². The van der Waals surface area contributed by atoms with Gasteiger partial charge in [0.25, 0.3) is 0 Å². The highest BCUT2D eigenvalue weighted by molar-refractivity contribution is 7.47. The molecule has 0 saturated carbocycles. The van der Waals surface area contributed by atoms with Gasteiger partial charge in [0, 0.05) is 25.7 Å². The first-order valence-electron chi connectivity index (χ1n) is 36.2. The maximum atomic E-state index is 13.0. The third-order valence-corrected chi connectivity index (χ3v) is 18.3. The van der Waals surface area contributed by atoms with Crippen LogP contribution < -0.4 is 0 Å². The van der Waals surface area contributed by atoms with Gasteiger partial charge in [-0.15, -0.1) is 0 Å². The number of carbonyl (C=O) groups is 4. The molecule has 0 amide bonds. The Hall–Kier alpha value is -1.94. The molecule has 17 nitrogen and oxygen atoms in total. The predicted octanol–water partition coefficient (Wildman–Crippen LogP) is 19.7. The van der Waals surface area contributed by atoms with E-state index < -0.39 is 97.5 Å². The predicted molar refractivity (Wildman–Crippen MR) is 358 cm³/mol. The van der Waals surface area contributed by atoms with Crippen molar-refractivity contribution in [1.29, 1.82) is 0 Å². The van der Waals surface area contributed by atoms with E-state index in [0.717, 1.165) is 114 Å². The Labute approximate surface area is 543 Å². The molecule has 0 aromatic heterocycles. The highest BCUT2D eigenvalue weighted by atomic mass is 31.2. The molecule has 0 rings (SSSR count). The van der Waals surface area contributed by atoms with Crippen LogP contribution in [0.2, 0.25) is 0 Å². The normalized spacial score (nSPS) is 14.6. The van der Waals surface area contributed by atoms with E-state index in [9.17, 15) is 43.2 Å². The number of aliphatic hydroxyl groups is 1. The largest absolute Gasteiger partial charge is 0.472 e. The van der Waals surface area contributed by atoms with Crippen molar-refractivity contribution >= 4 is 39.5 Å². The minimum atomic E-state index is -4.95. The number of ether oxygens (including phenoxy) is 4. The molecule has 0 aliphatic heterocycles. The number of hydrogen-bond acceptors (Lipinski definition) is 15. The zero-order valence-corrected chi connectivity index (χ0v) is 59.8. The number of rotatable bonds is 67. The average Bonchev–Trinajstić information content (AvgIpc) is 3.70. The molecule has 0 spiro atoms. The Morgan fingerprint density at radius 2 is 0.539 bits per heavy atom. The van der Waals surface area contributed by atoms with Crippen molar-refractivity contribution in [3.8, 4) is 0 Å². The highest BCUT2D eigenvalue weighted by Crippen LogP contribution is 2.45. The number of hydrogen-bond donors (Lipinski definition) is 3. The first-order chi connectivity index (χ1) is 42.6. The van der Waals surface area contributed by atoms with Gasteiger partial charge < -0.3 is 33.8 Å². The van der Waals surface area contributed by atoms with E-state index in [2.05, 4.69) is 55.4 Å². The van der Waals surface area contributed by atoms with Gasteiger partial charge in [-0.3, -0.25) is 37.3 Å². The lowest BCUT2D eigenvalue weighted by molar-refractivity contribution is -0.161. The molecule has 0 heterocycles. The summed E-state index contributed by atoms with van der Waals surface area (Å²) in [5, 5.41) is 10.6. The summed E-state index contributed by atoms with van der Waals surface area (Å²) in [5.74, 6) is 0.815. The van der Waals surface area contributed by atoms with Crippen molar-refractivity contribution in [2.45, 2.75) is 363 Å². The quantitative estimate of drug-likeness (QED) is 0.0222. The average molecular weight is 1310 g/mol. The maximum Gasteiger partial charge on any atom is 0.472 e. The summed E-state index contributed by atoms with van der Waals surface area (Å²) in [5.41, 5.74) is 0. The van der Waals surface area contributed by atoms with Crippen LogP contribution in [0.5, 0.6) is 0 Å². The molecule has 0 aromatic carbocycles. The minimum Gasteiger partial charge on any atom is -0.462 e. The Kier molecular flexibility index (Phi) is 58.5. The number of phosphoric acid groups is 2. The summed E-state index contributed by atoms with van der Waals surface area (Å²) >= 11 is 0. The van der Waals surface area contributed by atoms with E-state index in [4.69, 9.17) is 37.0 Å². The van der Waals surface area contributed by atoms with Crippen LogP contribution in [0, 0.1) is 23.7 Å². The van der Waals surface area contributed by atoms with Crippen LogP contribution in [-0.2, 0) is 65.4 Å². The van der Waals surface area contributed by atoms with Crippen LogP contribution in [0.25, 0.3) is 0 Å². The van der Waals surface area contributed by atoms with Crippen LogP contribution in [0.4, 0.5) is 0 Å². The summed E-state index contributed by atoms with van der Waals surface area (Å²) in [6.45, 7) is 14.0. The van der Waals surface area contributed by atoms with Crippen LogP contribution in [0.15, 0.2) is 0 Å². The molecule has 0 aromatic rings. The van der Waals surface area contributed by atoms with E-state index in [0.29, 0.717) is 31.6 Å². The Morgan fingerprint density at radius 3 is 0.798 bits per heavy atom. The number of aliphatic hydroxyl groups excluding tert-OH is 1. The molecule has 0 radical (unpaired) electrons. The minimum absolute atomic E-state index is 0.102. The van der Waals surface area contributed by atoms with Crippen molar-refractivity contribution in [2.24, 2.45) is 23.7 Å². The summed E-state index contributed by atoms with van der Waals surface area (Å²) in [6, 6.07) is 0. The zero-order chi connectivity index (χ0) is 66.1. The number of unbranched alkanes of at least 4 members (excludes halogenated alkanes) is 32. The monoisotopic (exact) mass is 1310 g/mol. The molecule has 0 aliphatic rings. The summed E-state index contributed by atoms with van der Waals surface area (Å²) in [4.78, 5) is 72.5. The van der Waals surface area contributed by atoms with E-state index in [-0.39, 0.29) is 25.7 Å². The molecule has 0 saturated heterocycles. The SMILES string of the molecule is CCC(C)CCCCCCCCC(=O)O[C@H](COC(=O)CCCCCCCCCC(C)C)COP(=O)(O)OCC(O)COP(=O)(O)OC[C@@H](COC(=O)CCCCCCCCCCCCCCCCCC(C)C)OC(=O)CCCCCCCCCCC(C)C. The van der Waals surface area contributed by atoms with Crippen LogP contribution in [0.3, 0.4) is 0 Å². The van der Waals surface area contributed by atoms with Gasteiger partial charge in [-0.05, 0) is 49.4 Å². The molecule has 89 heavy (non-hydrogen) atoms. The van der Waals surface area contributed by atoms with Gasteiger partial charge in [-0.25, -0.2) is 9.13 Å². The summed E-state index contributed by atoms with van der Waals surface area (Å²) in [6.07, 6.45) is 41.9. The number of esters is 4.